The van der Waals surface area contributed by atoms with Crippen LogP contribution in [0, 0.1) is 5.82 Å². The Kier molecular flexibility index (Phi) is 6.46. The minimum absolute atomic E-state index is 0.116. The van der Waals surface area contributed by atoms with Gasteiger partial charge in [-0.15, -0.1) is 11.3 Å². The third-order valence-corrected chi connectivity index (χ3v) is 4.62. The highest BCUT2D eigenvalue weighted by Crippen LogP contribution is 2.24. The molecule has 0 radical (unpaired) electrons. The van der Waals surface area contributed by atoms with Crippen LogP contribution in [0.3, 0.4) is 0 Å². The Hall–Kier alpha value is -2.83. The summed E-state index contributed by atoms with van der Waals surface area (Å²) in [7, 11) is 1.61. The molecule has 1 heterocycles. The molecule has 0 unspecified atom stereocenters. The van der Waals surface area contributed by atoms with Crippen molar-refractivity contribution in [3.8, 4) is 16.3 Å². The van der Waals surface area contributed by atoms with Gasteiger partial charge in [0.05, 0.1) is 12.3 Å². The smallest absolute Gasteiger partial charge is 0.185 e. The van der Waals surface area contributed by atoms with Gasteiger partial charge in [-0.3, -0.25) is 4.79 Å². The van der Waals surface area contributed by atoms with E-state index >= 15 is 0 Å². The van der Waals surface area contributed by atoms with Gasteiger partial charge in [0.15, 0.2) is 5.78 Å². The van der Waals surface area contributed by atoms with Crippen LogP contribution in [0.2, 0.25) is 0 Å². The van der Waals surface area contributed by atoms with Crippen molar-refractivity contribution in [2.24, 2.45) is 0 Å². The average molecular weight is 383 g/mol. The second kappa shape index (κ2) is 9.21. The Morgan fingerprint density at radius 2 is 1.85 bits per heavy atom. The molecule has 3 rings (SSSR count). The number of carbonyl (C=O) groups excluding carboxylic acids is 1. The molecule has 0 amide bonds. The van der Waals surface area contributed by atoms with E-state index in [-0.39, 0.29) is 11.6 Å². The van der Waals surface area contributed by atoms with Crippen molar-refractivity contribution >= 4 is 23.2 Å². The first-order chi connectivity index (χ1) is 13.2. The summed E-state index contributed by atoms with van der Waals surface area (Å²) in [5.41, 5.74) is 2.10. The molecule has 0 fully saturated rings. The van der Waals surface area contributed by atoms with E-state index in [1.165, 1.54) is 29.5 Å². The zero-order valence-electron chi connectivity index (χ0n) is 14.7. The van der Waals surface area contributed by atoms with Gasteiger partial charge in [0, 0.05) is 23.6 Å². The molecule has 0 atom stereocenters. The van der Waals surface area contributed by atoms with Crippen molar-refractivity contribution in [1.82, 2.24) is 4.98 Å². The number of aromatic nitrogens is 1. The number of hydrogen-bond donors (Lipinski definition) is 0. The van der Waals surface area contributed by atoms with E-state index in [2.05, 4.69) is 4.98 Å². The van der Waals surface area contributed by atoms with Gasteiger partial charge in [-0.1, -0.05) is 0 Å². The number of rotatable bonds is 8. The number of halogens is 1. The van der Waals surface area contributed by atoms with Gasteiger partial charge in [0.25, 0.3) is 0 Å². The van der Waals surface area contributed by atoms with Crippen molar-refractivity contribution in [2.45, 2.75) is 0 Å². The summed E-state index contributed by atoms with van der Waals surface area (Å²) in [5, 5.41) is 2.63. The fourth-order valence-electron chi connectivity index (χ4n) is 2.30. The van der Waals surface area contributed by atoms with Gasteiger partial charge in [0.1, 0.15) is 23.2 Å². The summed E-state index contributed by atoms with van der Waals surface area (Å²) in [6.45, 7) is 0.973. The molecule has 0 N–H and O–H groups in total. The molecule has 27 heavy (non-hydrogen) atoms. The van der Waals surface area contributed by atoms with Crippen LogP contribution in [0.25, 0.3) is 16.6 Å². The third-order valence-electron chi connectivity index (χ3n) is 3.71. The molecule has 0 saturated carbocycles. The predicted octanol–water partition coefficient (Wildman–Crippen LogP) is 4.87. The van der Waals surface area contributed by atoms with Crippen LogP contribution >= 0.6 is 11.3 Å². The van der Waals surface area contributed by atoms with Crippen LogP contribution in [-0.2, 0) is 4.74 Å². The lowest BCUT2D eigenvalue weighted by atomic mass is 10.1. The minimum atomic E-state index is -0.281. The van der Waals surface area contributed by atoms with Crippen molar-refractivity contribution in [3.05, 3.63) is 77.1 Å². The Morgan fingerprint density at radius 3 is 2.56 bits per heavy atom. The number of benzene rings is 2. The fourth-order valence-corrected chi connectivity index (χ4v) is 3.10. The Morgan fingerprint density at radius 1 is 1.11 bits per heavy atom. The van der Waals surface area contributed by atoms with E-state index in [0.717, 1.165) is 10.6 Å². The maximum Gasteiger partial charge on any atom is 0.185 e. The van der Waals surface area contributed by atoms with Crippen molar-refractivity contribution in [1.29, 1.82) is 0 Å². The topological polar surface area (TPSA) is 48.4 Å². The molecule has 138 valence electrons. The van der Waals surface area contributed by atoms with Gasteiger partial charge < -0.3 is 9.47 Å². The van der Waals surface area contributed by atoms with Crippen LogP contribution in [0.4, 0.5) is 4.39 Å². The van der Waals surface area contributed by atoms with E-state index in [0.29, 0.717) is 30.2 Å². The first-order valence-electron chi connectivity index (χ1n) is 8.31. The van der Waals surface area contributed by atoms with E-state index < -0.39 is 0 Å². The summed E-state index contributed by atoms with van der Waals surface area (Å²) >= 11 is 1.44. The molecule has 6 heteroatoms. The van der Waals surface area contributed by atoms with Crippen LogP contribution < -0.4 is 4.74 Å². The molecule has 4 nitrogen and oxygen atoms in total. The van der Waals surface area contributed by atoms with Crippen molar-refractivity contribution in [2.75, 3.05) is 20.3 Å². The van der Waals surface area contributed by atoms with E-state index in [9.17, 15) is 9.18 Å². The highest BCUT2D eigenvalue weighted by atomic mass is 32.1. The number of thiazole rings is 1. The quantitative estimate of drug-likeness (QED) is 0.316. The summed E-state index contributed by atoms with van der Waals surface area (Å²) in [6.07, 6.45) is 3.17. The molecule has 0 saturated heterocycles. The molecule has 3 aromatic rings. The number of ether oxygens (including phenoxy) is 2. The third kappa shape index (κ3) is 5.32. The molecule has 2 aromatic carbocycles. The molecule has 0 aliphatic heterocycles. The lowest BCUT2D eigenvalue weighted by Crippen LogP contribution is -2.04. The largest absolute Gasteiger partial charge is 0.491 e. The van der Waals surface area contributed by atoms with E-state index in [1.807, 2.05) is 5.38 Å². The SMILES string of the molecule is COCCOc1ccc(C(=O)/C=C/c2csc(-c3ccc(F)cc3)n2)cc1. The number of methoxy groups -OCH3 is 1. The maximum absolute atomic E-state index is 13.0. The Bertz CT molecular complexity index is 917. The zero-order valence-corrected chi connectivity index (χ0v) is 15.5. The lowest BCUT2D eigenvalue weighted by molar-refractivity contribution is 0.104. The standard InChI is InChI=1S/C21H18FNO3S/c1-25-12-13-26-19-9-4-15(5-10-19)20(24)11-8-18-14-27-21(23-18)16-2-6-17(22)7-3-16/h2-11,14H,12-13H2,1H3/b11-8+. The highest BCUT2D eigenvalue weighted by molar-refractivity contribution is 7.13. The molecule has 1 aromatic heterocycles. The summed E-state index contributed by atoms with van der Waals surface area (Å²) in [5.74, 6) is 0.293. The van der Waals surface area contributed by atoms with Gasteiger partial charge in [-0.05, 0) is 60.7 Å². The number of ketones is 1. The maximum atomic E-state index is 13.0. The summed E-state index contributed by atoms with van der Waals surface area (Å²) in [4.78, 5) is 16.7. The van der Waals surface area contributed by atoms with Gasteiger partial charge in [0.2, 0.25) is 0 Å². The predicted molar refractivity (Wildman–Crippen MR) is 105 cm³/mol. The highest BCUT2D eigenvalue weighted by Gasteiger charge is 2.05. The zero-order chi connectivity index (χ0) is 19.1. The van der Waals surface area contributed by atoms with Crippen LogP contribution in [0.5, 0.6) is 5.75 Å². The number of carbonyl (C=O) groups is 1. The van der Waals surface area contributed by atoms with Crippen molar-refractivity contribution in [3.63, 3.8) is 0 Å². The second-order valence-electron chi connectivity index (χ2n) is 5.65. The van der Waals surface area contributed by atoms with Gasteiger partial charge in [-0.2, -0.15) is 0 Å². The molecule has 0 aliphatic rings. The summed E-state index contributed by atoms with van der Waals surface area (Å²) in [6, 6.07) is 13.1. The monoisotopic (exact) mass is 383 g/mol. The first-order valence-corrected chi connectivity index (χ1v) is 9.19. The van der Waals surface area contributed by atoms with Crippen LogP contribution in [-0.4, -0.2) is 31.1 Å². The number of allylic oxidation sites excluding steroid dienone is 1. The van der Waals surface area contributed by atoms with E-state index in [1.54, 1.807) is 49.6 Å². The first kappa shape index (κ1) is 18.9. The second-order valence-corrected chi connectivity index (χ2v) is 6.51. The van der Waals surface area contributed by atoms with Gasteiger partial charge in [-0.25, -0.2) is 9.37 Å². The lowest BCUT2D eigenvalue weighted by Gasteiger charge is -2.05. The Balaban J connectivity index is 1.62. The molecule has 0 aliphatic carbocycles. The van der Waals surface area contributed by atoms with Crippen LogP contribution in [0.1, 0.15) is 16.1 Å². The van der Waals surface area contributed by atoms with Crippen molar-refractivity contribution < 1.29 is 18.7 Å². The summed E-state index contributed by atoms with van der Waals surface area (Å²) < 4.78 is 23.4. The van der Waals surface area contributed by atoms with Crippen LogP contribution in [0.15, 0.2) is 60.0 Å². The number of nitrogens with zero attached hydrogens (tertiary/aromatic N) is 1. The van der Waals surface area contributed by atoms with Gasteiger partial charge >= 0.3 is 0 Å². The molecular weight excluding hydrogens is 365 g/mol. The molecule has 0 bridgehead atoms. The molecule has 0 spiro atoms. The average Bonchev–Trinajstić information content (AvgIpc) is 3.16. The Labute approximate surface area is 160 Å². The van der Waals surface area contributed by atoms with E-state index in [4.69, 9.17) is 9.47 Å². The minimum Gasteiger partial charge on any atom is -0.491 e. The fraction of sp³-hybridized carbons (Fsp3) is 0.143. The molecular formula is C21H18FNO3S. The normalized spacial score (nSPS) is 11.0. The number of hydrogen-bond acceptors (Lipinski definition) is 5.